The Kier molecular flexibility index (Phi) is 6.29. The number of hydrogen-bond acceptors (Lipinski definition) is 3. The molecular weight excluding hydrogens is 422 g/mol. The Balaban J connectivity index is 1.58. The molecule has 0 heterocycles. The van der Waals surface area contributed by atoms with Crippen molar-refractivity contribution in [1.82, 2.24) is 5.32 Å². The van der Waals surface area contributed by atoms with E-state index >= 15 is 0 Å². The molecule has 3 aromatic rings. The fourth-order valence-electron chi connectivity index (χ4n) is 2.41. The molecule has 0 atom stereocenters. The number of carbonyl (C=O) groups excluding carboxylic acids is 2. The Morgan fingerprint density at radius 1 is 0.857 bits per heavy atom. The van der Waals surface area contributed by atoms with Crippen molar-refractivity contribution < 1.29 is 14.3 Å². The molecule has 0 aliphatic rings. The molecule has 3 aromatic carbocycles. The van der Waals surface area contributed by atoms with Gasteiger partial charge in [-0.1, -0.05) is 28.1 Å². The van der Waals surface area contributed by atoms with Gasteiger partial charge in [0, 0.05) is 22.3 Å². The van der Waals surface area contributed by atoms with E-state index in [1.807, 2.05) is 24.3 Å². The molecule has 7 heteroatoms. The lowest BCUT2D eigenvalue weighted by atomic mass is 10.1. The van der Waals surface area contributed by atoms with Crippen molar-refractivity contribution in [3.05, 3.63) is 88.4 Å². The number of urea groups is 1. The van der Waals surface area contributed by atoms with Crippen LogP contribution in [0.15, 0.2) is 77.3 Å². The number of rotatable bonds is 6. The zero-order chi connectivity index (χ0) is 19.9. The molecule has 142 valence electrons. The van der Waals surface area contributed by atoms with Gasteiger partial charge in [0.15, 0.2) is 0 Å². The van der Waals surface area contributed by atoms with E-state index in [0.717, 1.165) is 15.8 Å². The summed E-state index contributed by atoms with van der Waals surface area (Å²) in [7, 11) is 0. The number of anilines is 1. The predicted molar refractivity (Wildman–Crippen MR) is 111 cm³/mol. The van der Waals surface area contributed by atoms with E-state index < -0.39 is 6.03 Å². The summed E-state index contributed by atoms with van der Waals surface area (Å²) in [6, 6.07) is 21.0. The molecule has 0 saturated carbocycles. The van der Waals surface area contributed by atoms with Crippen LogP contribution in [0.2, 0.25) is 0 Å². The maximum atomic E-state index is 12.4. The predicted octanol–water partition coefficient (Wildman–Crippen LogP) is 4.66. The van der Waals surface area contributed by atoms with Crippen LogP contribution in [0.4, 0.5) is 10.5 Å². The van der Waals surface area contributed by atoms with Crippen LogP contribution in [0.5, 0.6) is 11.5 Å². The number of primary amides is 1. The highest BCUT2D eigenvalue weighted by Crippen LogP contribution is 2.24. The van der Waals surface area contributed by atoms with Crippen molar-refractivity contribution >= 4 is 33.6 Å². The Hall–Kier alpha value is -3.32. The molecule has 3 rings (SSSR count). The highest BCUT2D eigenvalue weighted by molar-refractivity contribution is 9.10. The highest BCUT2D eigenvalue weighted by Gasteiger charge is 2.07. The first-order valence-corrected chi connectivity index (χ1v) is 9.26. The number of hydrogen-bond donors (Lipinski definition) is 3. The lowest BCUT2D eigenvalue weighted by Gasteiger charge is -2.09. The summed E-state index contributed by atoms with van der Waals surface area (Å²) >= 11 is 3.38. The fourth-order valence-corrected chi connectivity index (χ4v) is 2.68. The van der Waals surface area contributed by atoms with Gasteiger partial charge in [0.2, 0.25) is 0 Å². The van der Waals surface area contributed by atoms with Crippen LogP contribution < -0.4 is 21.1 Å². The van der Waals surface area contributed by atoms with Crippen molar-refractivity contribution in [3.63, 3.8) is 0 Å². The Morgan fingerprint density at radius 2 is 1.43 bits per heavy atom. The standard InChI is InChI=1S/C21H18BrN3O3/c22-16-5-9-18(10-6-16)28-19-11-7-17(8-12-19)25-20(26)15-3-1-14(2-4-15)13-24-21(23)27/h1-12H,13H2,(H,25,26)(H3,23,24,27). The Morgan fingerprint density at radius 3 is 2.00 bits per heavy atom. The van der Waals surface area contributed by atoms with Crippen molar-refractivity contribution in [3.8, 4) is 11.5 Å². The molecule has 3 amide bonds. The molecular formula is C21H18BrN3O3. The summed E-state index contributed by atoms with van der Waals surface area (Å²) in [5.41, 5.74) is 7.06. The molecule has 4 N–H and O–H groups in total. The first-order chi connectivity index (χ1) is 13.5. The zero-order valence-electron chi connectivity index (χ0n) is 14.8. The van der Waals surface area contributed by atoms with Crippen molar-refractivity contribution in [1.29, 1.82) is 0 Å². The van der Waals surface area contributed by atoms with Gasteiger partial charge in [-0.05, 0) is 66.2 Å². The molecule has 0 unspecified atom stereocenters. The zero-order valence-corrected chi connectivity index (χ0v) is 16.4. The number of nitrogens with one attached hydrogen (secondary N) is 2. The van der Waals surface area contributed by atoms with Crippen LogP contribution >= 0.6 is 15.9 Å². The number of benzene rings is 3. The van der Waals surface area contributed by atoms with Gasteiger partial charge in [0.25, 0.3) is 5.91 Å². The molecule has 28 heavy (non-hydrogen) atoms. The number of nitrogens with two attached hydrogens (primary N) is 1. The quantitative estimate of drug-likeness (QED) is 0.521. The van der Waals surface area contributed by atoms with Gasteiger partial charge < -0.3 is 21.1 Å². The van der Waals surface area contributed by atoms with E-state index in [0.29, 0.717) is 23.5 Å². The highest BCUT2D eigenvalue weighted by atomic mass is 79.9. The molecule has 0 aliphatic heterocycles. The first-order valence-electron chi connectivity index (χ1n) is 8.47. The molecule has 0 saturated heterocycles. The third-order valence-corrected chi connectivity index (χ3v) is 4.37. The summed E-state index contributed by atoms with van der Waals surface area (Å²) < 4.78 is 6.74. The van der Waals surface area contributed by atoms with Gasteiger partial charge in [0.1, 0.15) is 11.5 Å². The minimum absolute atomic E-state index is 0.226. The van der Waals surface area contributed by atoms with Crippen molar-refractivity contribution in [2.45, 2.75) is 6.54 Å². The maximum Gasteiger partial charge on any atom is 0.312 e. The van der Waals surface area contributed by atoms with E-state index in [1.54, 1.807) is 48.5 Å². The smallest absolute Gasteiger partial charge is 0.312 e. The lowest BCUT2D eigenvalue weighted by Crippen LogP contribution is -2.28. The van der Waals surface area contributed by atoms with Crippen molar-refractivity contribution in [2.75, 3.05) is 5.32 Å². The monoisotopic (exact) mass is 439 g/mol. The van der Waals surface area contributed by atoms with Crippen molar-refractivity contribution in [2.24, 2.45) is 5.73 Å². The second-order valence-electron chi connectivity index (χ2n) is 5.95. The summed E-state index contributed by atoms with van der Waals surface area (Å²) in [5, 5.41) is 5.34. The number of halogens is 1. The maximum absolute atomic E-state index is 12.4. The van der Waals surface area contributed by atoms with E-state index in [-0.39, 0.29) is 5.91 Å². The third kappa shape index (κ3) is 5.59. The van der Waals surface area contributed by atoms with Gasteiger partial charge in [-0.2, -0.15) is 0 Å². The van der Waals surface area contributed by atoms with Crippen LogP contribution in [0.3, 0.4) is 0 Å². The minimum atomic E-state index is -0.589. The van der Waals surface area contributed by atoms with Gasteiger partial charge in [0.05, 0.1) is 0 Å². The first kappa shape index (κ1) is 19.4. The average molecular weight is 440 g/mol. The fraction of sp³-hybridized carbons (Fsp3) is 0.0476. The molecule has 0 bridgehead atoms. The Labute approximate surface area is 170 Å². The summed E-state index contributed by atoms with van der Waals surface area (Å²) in [5.74, 6) is 1.17. The second kappa shape index (κ2) is 9.05. The van der Waals surface area contributed by atoms with E-state index in [4.69, 9.17) is 10.5 Å². The molecule has 0 spiro atoms. The molecule has 0 radical (unpaired) electrons. The second-order valence-corrected chi connectivity index (χ2v) is 6.86. The Bertz CT molecular complexity index is 956. The molecule has 0 aliphatic carbocycles. The molecule has 0 aromatic heterocycles. The summed E-state index contributed by atoms with van der Waals surface area (Å²) in [4.78, 5) is 23.1. The number of amides is 3. The van der Waals surface area contributed by atoms with Crippen LogP contribution in [0.1, 0.15) is 15.9 Å². The van der Waals surface area contributed by atoms with Gasteiger partial charge in [-0.15, -0.1) is 0 Å². The topological polar surface area (TPSA) is 93.5 Å². The van der Waals surface area contributed by atoms with Gasteiger partial charge in [-0.25, -0.2) is 4.79 Å². The number of carbonyl (C=O) groups is 2. The average Bonchev–Trinajstić information content (AvgIpc) is 2.70. The molecule has 6 nitrogen and oxygen atoms in total. The lowest BCUT2D eigenvalue weighted by molar-refractivity contribution is 0.102. The largest absolute Gasteiger partial charge is 0.457 e. The third-order valence-electron chi connectivity index (χ3n) is 3.84. The van der Waals surface area contributed by atoms with Crippen LogP contribution in [0.25, 0.3) is 0 Å². The normalized spacial score (nSPS) is 10.2. The van der Waals surface area contributed by atoms with E-state index in [9.17, 15) is 9.59 Å². The van der Waals surface area contributed by atoms with E-state index in [1.165, 1.54) is 0 Å². The van der Waals surface area contributed by atoms with Crippen LogP contribution in [-0.2, 0) is 6.54 Å². The molecule has 0 fully saturated rings. The van der Waals surface area contributed by atoms with Crippen LogP contribution in [-0.4, -0.2) is 11.9 Å². The van der Waals surface area contributed by atoms with Gasteiger partial charge in [-0.3, -0.25) is 4.79 Å². The summed E-state index contributed by atoms with van der Waals surface area (Å²) in [6.45, 7) is 0.317. The SMILES string of the molecule is NC(=O)NCc1ccc(C(=O)Nc2ccc(Oc3ccc(Br)cc3)cc2)cc1. The summed E-state index contributed by atoms with van der Waals surface area (Å²) in [6.07, 6.45) is 0. The number of ether oxygens (including phenoxy) is 1. The van der Waals surface area contributed by atoms with E-state index in [2.05, 4.69) is 26.6 Å². The van der Waals surface area contributed by atoms with Gasteiger partial charge >= 0.3 is 6.03 Å². The minimum Gasteiger partial charge on any atom is -0.457 e. The van der Waals surface area contributed by atoms with Crippen LogP contribution in [0, 0.1) is 0 Å².